The van der Waals surface area contributed by atoms with Crippen LogP contribution in [-0.2, 0) is 5.41 Å². The Balaban J connectivity index is 1.61. The molecule has 2 aromatic carbocycles. The van der Waals surface area contributed by atoms with Crippen molar-refractivity contribution in [3.63, 3.8) is 0 Å². The summed E-state index contributed by atoms with van der Waals surface area (Å²) in [5, 5.41) is 25.5. The number of nitrogens with one attached hydrogen (secondary N) is 2. The fraction of sp³-hybridized carbons (Fsp3) is 0.269. The van der Waals surface area contributed by atoms with Gasteiger partial charge in [0.15, 0.2) is 5.69 Å². The second-order valence-corrected chi connectivity index (χ2v) is 12.8. The van der Waals surface area contributed by atoms with Crippen LogP contribution in [-0.4, -0.2) is 34.8 Å². The number of aromatic nitrogens is 7. The highest BCUT2D eigenvalue weighted by molar-refractivity contribution is 8.23. The molecule has 2 aromatic heterocycles. The lowest BCUT2D eigenvalue weighted by atomic mass is 9.87. The van der Waals surface area contributed by atoms with Crippen LogP contribution in [0.25, 0.3) is 17.1 Å². The van der Waals surface area contributed by atoms with Crippen LogP contribution in [0.4, 0.5) is 0 Å². The molecule has 0 spiro atoms. The third-order valence-corrected chi connectivity index (χ3v) is 8.81. The van der Waals surface area contributed by atoms with Crippen LogP contribution < -0.4 is 10.4 Å². The van der Waals surface area contributed by atoms with Crippen molar-refractivity contribution in [2.45, 2.75) is 50.6 Å². The van der Waals surface area contributed by atoms with Gasteiger partial charge in [-0.25, -0.2) is 9.48 Å². The Hall–Kier alpha value is -3.75. The maximum Gasteiger partial charge on any atom is 0.450 e. The van der Waals surface area contributed by atoms with Gasteiger partial charge >= 0.3 is 15.9 Å². The topological polar surface area (TPSA) is 131 Å². The highest BCUT2D eigenvalue weighted by Gasteiger charge is 2.30. The molecule has 206 valence electrons. The molecular weight excluding hydrogens is 569 g/mol. The molecule has 2 N–H and O–H groups in total. The maximum absolute atomic E-state index is 13.4. The summed E-state index contributed by atoms with van der Waals surface area (Å²) in [4.78, 5) is 24.7. The second kappa shape index (κ2) is 11.4. The van der Waals surface area contributed by atoms with Gasteiger partial charge in [0.05, 0.1) is 14.8 Å². The van der Waals surface area contributed by atoms with Crippen molar-refractivity contribution in [3.8, 4) is 17.1 Å². The molecule has 0 saturated carbocycles. The number of tetrazole rings is 1. The molecule has 5 rings (SSSR count). The first kappa shape index (κ1) is 27.8. The van der Waals surface area contributed by atoms with E-state index in [4.69, 9.17) is 12.2 Å². The van der Waals surface area contributed by atoms with Crippen LogP contribution in [0.3, 0.4) is 0 Å². The molecule has 4 aromatic rings. The van der Waals surface area contributed by atoms with Gasteiger partial charge in [-0.2, -0.15) is 5.21 Å². The molecule has 0 amide bonds. The number of rotatable bonds is 6. The van der Waals surface area contributed by atoms with Gasteiger partial charge in [0, 0.05) is 17.8 Å². The van der Waals surface area contributed by atoms with Crippen molar-refractivity contribution in [1.82, 2.24) is 29.9 Å². The number of nitro groups is 1. The standard InChI is InChI=1S/C26H26N8O3S3/c1-26(2,3)17-9-11-18(12-10-17)31-23(35)28-33(20-15-13-19(14-16-20)32-24(38)27-29-30-32)25(31)40-22-8-6-4-5-7-21(39-22)34(36)37/h7-16H,4-6H2,1-3H3,(H-,27,28,30,35,38)/p+1/b21-7-,22-8-. The quantitative estimate of drug-likeness (QED) is 0.132. The number of benzene rings is 2. The molecule has 0 unspecified atom stereocenters. The van der Waals surface area contributed by atoms with Crippen LogP contribution in [0.1, 0.15) is 45.6 Å². The Morgan fingerprint density at radius 1 is 1.07 bits per heavy atom. The van der Waals surface area contributed by atoms with Gasteiger partial charge in [-0.15, -0.1) is 14.3 Å². The van der Waals surface area contributed by atoms with Crippen molar-refractivity contribution in [1.29, 1.82) is 0 Å². The predicted octanol–water partition coefficient (Wildman–Crippen LogP) is 5.35. The summed E-state index contributed by atoms with van der Waals surface area (Å²) < 4.78 is 5.86. The zero-order chi connectivity index (χ0) is 28.4. The predicted molar refractivity (Wildman–Crippen MR) is 157 cm³/mol. The lowest BCUT2D eigenvalue weighted by Gasteiger charge is -2.18. The van der Waals surface area contributed by atoms with Crippen LogP contribution >= 0.6 is 35.7 Å². The first-order valence-electron chi connectivity index (χ1n) is 12.5. The lowest BCUT2D eigenvalue weighted by Crippen LogP contribution is -2.36. The van der Waals surface area contributed by atoms with Crippen molar-refractivity contribution in [2.75, 3.05) is 0 Å². The maximum atomic E-state index is 13.4. The number of hydrogen-bond donors (Lipinski definition) is 2. The molecule has 0 bridgehead atoms. The fourth-order valence-corrected chi connectivity index (χ4v) is 6.53. The normalized spacial score (nSPS) is 16.9. The molecule has 1 aliphatic rings. The van der Waals surface area contributed by atoms with Crippen molar-refractivity contribution in [2.24, 2.45) is 0 Å². The molecule has 0 aliphatic carbocycles. The van der Waals surface area contributed by atoms with E-state index in [1.54, 1.807) is 20.0 Å². The summed E-state index contributed by atoms with van der Waals surface area (Å²) in [6.45, 7) is 6.40. The van der Waals surface area contributed by atoms with Gasteiger partial charge < -0.3 is 0 Å². The highest BCUT2D eigenvalue weighted by Crippen LogP contribution is 2.40. The van der Waals surface area contributed by atoms with E-state index in [1.165, 1.54) is 11.8 Å². The summed E-state index contributed by atoms with van der Waals surface area (Å²) in [5.41, 5.74) is 2.86. The van der Waals surface area contributed by atoms with E-state index in [1.807, 2.05) is 54.6 Å². The summed E-state index contributed by atoms with van der Waals surface area (Å²) in [7, 11) is 0. The van der Waals surface area contributed by atoms with E-state index >= 15 is 0 Å². The Bertz CT molecular complexity index is 1720. The SMILES string of the molecule is CC(C)(C)c1ccc(-n2c(S/C3=C\CCC/C=C(/[N+](=O)[O-])S3)[n+](-c3ccc(-n4[nH]nnc4=S)cc3)[nH]c2=O)cc1. The van der Waals surface area contributed by atoms with Crippen molar-refractivity contribution >= 4 is 35.7 Å². The Morgan fingerprint density at radius 3 is 2.38 bits per heavy atom. The summed E-state index contributed by atoms with van der Waals surface area (Å²) >= 11 is 7.61. The van der Waals surface area contributed by atoms with Gasteiger partial charge in [0.1, 0.15) is 5.69 Å². The van der Waals surface area contributed by atoms with Gasteiger partial charge in [-0.3, -0.25) is 10.1 Å². The third kappa shape index (κ3) is 5.88. The zero-order valence-electron chi connectivity index (χ0n) is 22.0. The molecular formula is C26H27N8O3S3+. The summed E-state index contributed by atoms with van der Waals surface area (Å²) in [6, 6.07) is 15.2. The van der Waals surface area contributed by atoms with E-state index < -0.39 is 0 Å². The van der Waals surface area contributed by atoms with Gasteiger partial charge in [-0.1, -0.05) is 49.3 Å². The Morgan fingerprint density at radius 2 is 1.75 bits per heavy atom. The molecule has 0 fully saturated rings. The molecule has 3 heterocycles. The first-order chi connectivity index (χ1) is 19.1. The minimum Gasteiger partial charge on any atom is -0.258 e. The molecule has 14 heteroatoms. The van der Waals surface area contributed by atoms with E-state index in [0.29, 0.717) is 23.0 Å². The monoisotopic (exact) mass is 595 g/mol. The van der Waals surface area contributed by atoms with Crippen LogP contribution in [0.15, 0.2) is 79.9 Å². The molecule has 40 heavy (non-hydrogen) atoms. The summed E-state index contributed by atoms with van der Waals surface area (Å²) in [5.74, 6) is 0. The van der Waals surface area contributed by atoms with Gasteiger partial charge in [0.25, 0.3) is 0 Å². The number of aromatic amines is 2. The minimum atomic E-state index is -0.359. The first-order valence-corrected chi connectivity index (χ1v) is 14.6. The average Bonchev–Trinajstić information content (AvgIpc) is 3.47. The van der Waals surface area contributed by atoms with Gasteiger partial charge in [0.2, 0.25) is 4.77 Å². The number of thioether (sulfide) groups is 2. The number of H-pyrrole nitrogens is 2. The van der Waals surface area contributed by atoms with E-state index in [9.17, 15) is 14.9 Å². The largest absolute Gasteiger partial charge is 0.450 e. The lowest BCUT2D eigenvalue weighted by molar-refractivity contribution is -0.695. The van der Waals surface area contributed by atoms with Crippen molar-refractivity contribution < 1.29 is 9.61 Å². The Kier molecular flexibility index (Phi) is 7.92. The van der Waals surface area contributed by atoms with E-state index in [-0.39, 0.29) is 25.8 Å². The number of allylic oxidation sites excluding steroid dienone is 2. The highest BCUT2D eigenvalue weighted by atomic mass is 32.2. The number of nitrogens with zero attached hydrogens (tertiary/aromatic N) is 6. The third-order valence-electron chi connectivity index (χ3n) is 6.24. The minimum absolute atomic E-state index is 0.0421. The molecule has 11 nitrogen and oxygen atoms in total. The van der Waals surface area contributed by atoms with Crippen LogP contribution in [0.2, 0.25) is 0 Å². The van der Waals surface area contributed by atoms with Gasteiger partial charge in [-0.05, 0) is 90.6 Å². The van der Waals surface area contributed by atoms with Crippen LogP contribution in [0, 0.1) is 14.9 Å². The molecule has 0 radical (unpaired) electrons. The molecule has 1 aliphatic heterocycles. The fourth-order valence-electron chi connectivity index (χ4n) is 4.12. The van der Waals surface area contributed by atoms with Crippen LogP contribution in [0.5, 0.6) is 0 Å². The second-order valence-electron chi connectivity index (χ2n) is 10.1. The molecule has 0 saturated heterocycles. The van der Waals surface area contributed by atoms with E-state index in [0.717, 1.165) is 40.1 Å². The molecule has 0 atom stereocenters. The number of hydrogen-bond acceptors (Lipinski definition) is 8. The van der Waals surface area contributed by atoms with E-state index in [2.05, 4.69) is 41.4 Å². The zero-order valence-corrected chi connectivity index (χ0v) is 24.5. The smallest absolute Gasteiger partial charge is 0.258 e. The summed E-state index contributed by atoms with van der Waals surface area (Å²) in [6.07, 6.45) is 5.89. The average molecular weight is 596 g/mol. The Labute approximate surface area is 243 Å². The van der Waals surface area contributed by atoms with Crippen molar-refractivity contribution in [3.05, 3.63) is 101 Å².